The fraction of sp³-hybridized carbons (Fsp3) is 0.481. The fourth-order valence-corrected chi connectivity index (χ4v) is 6.23. The summed E-state index contributed by atoms with van der Waals surface area (Å²) in [6.45, 7) is 8.77. The van der Waals surface area contributed by atoms with E-state index in [-0.39, 0.29) is 22.1 Å². The van der Waals surface area contributed by atoms with E-state index in [1.165, 1.54) is 11.1 Å². The van der Waals surface area contributed by atoms with E-state index >= 15 is 0 Å². The molecule has 4 nitrogen and oxygen atoms in total. The van der Waals surface area contributed by atoms with Crippen LogP contribution >= 0.6 is 11.8 Å². The van der Waals surface area contributed by atoms with Crippen LogP contribution in [0.5, 0.6) is 0 Å². The standard InChI is InChI=1S/C27H34N2O2S/c1-26(2,3)23-12-10-22(11-13-23)25(31)28-17-15-27(16-18-28)29(19-20-32-27)24(30)14-9-21-7-5-4-6-8-21/h4-8,10-13H,9,14-20H2,1-3H3. The average Bonchev–Trinajstić information content (AvgIpc) is 3.20. The number of hydrogen-bond donors (Lipinski definition) is 0. The number of carbonyl (C=O) groups excluding carboxylic acids is 2. The molecule has 2 aromatic rings. The van der Waals surface area contributed by atoms with Crippen LogP contribution in [0.25, 0.3) is 0 Å². The number of aryl methyl sites for hydroxylation is 1. The van der Waals surface area contributed by atoms with Crippen LogP contribution in [0.4, 0.5) is 0 Å². The van der Waals surface area contributed by atoms with Crippen molar-refractivity contribution in [1.29, 1.82) is 0 Å². The zero-order valence-electron chi connectivity index (χ0n) is 19.5. The lowest BCUT2D eigenvalue weighted by molar-refractivity contribution is -0.134. The van der Waals surface area contributed by atoms with Crippen molar-refractivity contribution in [3.63, 3.8) is 0 Å². The molecule has 4 rings (SSSR count). The summed E-state index contributed by atoms with van der Waals surface area (Å²) in [6, 6.07) is 18.3. The summed E-state index contributed by atoms with van der Waals surface area (Å²) < 4.78 is 0. The molecule has 0 N–H and O–H groups in total. The van der Waals surface area contributed by atoms with Gasteiger partial charge in [-0.3, -0.25) is 9.59 Å². The maximum absolute atomic E-state index is 13.1. The van der Waals surface area contributed by atoms with E-state index in [0.29, 0.717) is 19.5 Å². The highest BCUT2D eigenvalue weighted by molar-refractivity contribution is 8.00. The fourth-order valence-electron chi connectivity index (χ4n) is 4.76. The maximum Gasteiger partial charge on any atom is 0.253 e. The molecule has 0 aliphatic carbocycles. The largest absolute Gasteiger partial charge is 0.338 e. The zero-order valence-corrected chi connectivity index (χ0v) is 20.3. The lowest BCUT2D eigenvalue weighted by Crippen LogP contribution is -2.53. The van der Waals surface area contributed by atoms with Gasteiger partial charge in [-0.1, -0.05) is 63.2 Å². The van der Waals surface area contributed by atoms with Gasteiger partial charge >= 0.3 is 0 Å². The third kappa shape index (κ3) is 4.88. The molecule has 2 aliphatic rings. The van der Waals surface area contributed by atoms with E-state index in [9.17, 15) is 9.59 Å². The Labute approximate surface area is 196 Å². The summed E-state index contributed by atoms with van der Waals surface area (Å²) in [6.07, 6.45) is 3.03. The molecule has 0 aromatic heterocycles. The molecule has 0 unspecified atom stereocenters. The van der Waals surface area contributed by atoms with Crippen LogP contribution in [0.3, 0.4) is 0 Å². The third-order valence-corrected chi connectivity index (χ3v) is 8.33. The summed E-state index contributed by atoms with van der Waals surface area (Å²) >= 11 is 1.91. The third-order valence-electron chi connectivity index (χ3n) is 6.78. The van der Waals surface area contributed by atoms with Crippen LogP contribution in [0, 0.1) is 0 Å². The number of rotatable bonds is 4. The molecule has 2 aliphatic heterocycles. The van der Waals surface area contributed by atoms with E-state index in [1.807, 2.05) is 47.0 Å². The number of likely N-dealkylation sites (tertiary alicyclic amines) is 1. The maximum atomic E-state index is 13.1. The number of nitrogens with zero attached hydrogens (tertiary/aromatic N) is 2. The second-order valence-corrected chi connectivity index (χ2v) is 11.4. The Morgan fingerprint density at radius 1 is 0.938 bits per heavy atom. The Balaban J connectivity index is 1.36. The van der Waals surface area contributed by atoms with E-state index in [0.717, 1.165) is 37.1 Å². The summed E-state index contributed by atoms with van der Waals surface area (Å²) in [5.41, 5.74) is 3.28. The quantitative estimate of drug-likeness (QED) is 0.649. The van der Waals surface area contributed by atoms with Crippen molar-refractivity contribution in [3.05, 3.63) is 71.3 Å². The lowest BCUT2D eigenvalue weighted by Gasteiger charge is -2.44. The topological polar surface area (TPSA) is 40.6 Å². The Kier molecular flexibility index (Phi) is 6.66. The Morgan fingerprint density at radius 2 is 1.59 bits per heavy atom. The molecule has 0 atom stereocenters. The summed E-state index contributed by atoms with van der Waals surface area (Å²) in [7, 11) is 0. The van der Waals surface area contributed by atoms with Crippen molar-refractivity contribution in [3.8, 4) is 0 Å². The van der Waals surface area contributed by atoms with Crippen molar-refractivity contribution in [2.24, 2.45) is 0 Å². The van der Waals surface area contributed by atoms with Gasteiger partial charge in [0.05, 0.1) is 4.87 Å². The number of hydrogen-bond acceptors (Lipinski definition) is 3. The first-order valence-electron chi connectivity index (χ1n) is 11.7. The number of amides is 2. The minimum atomic E-state index is -0.138. The van der Waals surface area contributed by atoms with E-state index in [4.69, 9.17) is 0 Å². The van der Waals surface area contributed by atoms with Crippen LogP contribution in [-0.2, 0) is 16.6 Å². The highest BCUT2D eigenvalue weighted by atomic mass is 32.2. The van der Waals surface area contributed by atoms with Gasteiger partial charge in [0.2, 0.25) is 5.91 Å². The first-order chi connectivity index (χ1) is 15.3. The van der Waals surface area contributed by atoms with Gasteiger partial charge in [-0.2, -0.15) is 0 Å². The number of piperidine rings is 1. The molecule has 2 aromatic carbocycles. The SMILES string of the molecule is CC(C)(C)c1ccc(C(=O)N2CCC3(CC2)SCCN3C(=O)CCc2ccccc2)cc1. The van der Waals surface area contributed by atoms with Crippen molar-refractivity contribution < 1.29 is 9.59 Å². The van der Waals surface area contributed by atoms with Crippen LogP contribution in [-0.4, -0.2) is 51.9 Å². The smallest absolute Gasteiger partial charge is 0.253 e. The predicted octanol–water partition coefficient (Wildman–Crippen LogP) is 5.12. The molecule has 2 fully saturated rings. The molecule has 5 heteroatoms. The van der Waals surface area contributed by atoms with Gasteiger partial charge in [-0.05, 0) is 47.9 Å². The second-order valence-electron chi connectivity index (χ2n) is 9.95. The summed E-state index contributed by atoms with van der Waals surface area (Å²) in [4.78, 5) is 30.1. The molecule has 170 valence electrons. The summed E-state index contributed by atoms with van der Waals surface area (Å²) in [5.74, 6) is 1.33. The van der Waals surface area contributed by atoms with Crippen molar-refractivity contribution >= 4 is 23.6 Å². The first-order valence-corrected chi connectivity index (χ1v) is 12.7. The molecule has 0 bridgehead atoms. The van der Waals surface area contributed by atoms with Gasteiger partial charge in [-0.15, -0.1) is 11.8 Å². The lowest BCUT2D eigenvalue weighted by atomic mass is 9.86. The van der Waals surface area contributed by atoms with Crippen LogP contribution < -0.4 is 0 Å². The van der Waals surface area contributed by atoms with Gasteiger partial charge in [0.15, 0.2) is 0 Å². The average molecular weight is 451 g/mol. The Bertz CT molecular complexity index is 942. The summed E-state index contributed by atoms with van der Waals surface area (Å²) in [5, 5.41) is 0. The molecule has 0 radical (unpaired) electrons. The molecule has 2 heterocycles. The van der Waals surface area contributed by atoms with Crippen LogP contribution in [0.1, 0.15) is 61.5 Å². The minimum Gasteiger partial charge on any atom is -0.338 e. The highest BCUT2D eigenvalue weighted by Crippen LogP contribution is 2.44. The van der Waals surface area contributed by atoms with Crippen molar-refractivity contribution in [1.82, 2.24) is 9.80 Å². The number of benzene rings is 2. The van der Waals surface area contributed by atoms with Gasteiger partial charge in [0, 0.05) is 37.4 Å². The van der Waals surface area contributed by atoms with Crippen molar-refractivity contribution in [2.75, 3.05) is 25.4 Å². The van der Waals surface area contributed by atoms with Crippen LogP contribution in [0.15, 0.2) is 54.6 Å². The molecule has 1 spiro atoms. The predicted molar refractivity (Wildman–Crippen MR) is 132 cm³/mol. The van der Waals surface area contributed by atoms with Gasteiger partial charge in [0.1, 0.15) is 0 Å². The van der Waals surface area contributed by atoms with Crippen molar-refractivity contribution in [2.45, 2.75) is 56.7 Å². The number of thioether (sulfide) groups is 1. The zero-order chi connectivity index (χ0) is 22.8. The molecular weight excluding hydrogens is 416 g/mol. The van der Waals surface area contributed by atoms with E-state index in [2.05, 4.69) is 49.9 Å². The molecule has 2 amide bonds. The van der Waals surface area contributed by atoms with Crippen LogP contribution in [0.2, 0.25) is 0 Å². The number of carbonyl (C=O) groups is 2. The second kappa shape index (κ2) is 9.30. The molecule has 0 saturated carbocycles. The minimum absolute atomic E-state index is 0.0787. The van der Waals surface area contributed by atoms with E-state index < -0.39 is 0 Å². The Hall–Kier alpha value is -2.27. The molecular formula is C27H34N2O2S. The van der Waals surface area contributed by atoms with Gasteiger partial charge < -0.3 is 9.80 Å². The first kappa shape index (κ1) is 22.9. The normalized spacial score (nSPS) is 18.2. The molecule has 2 saturated heterocycles. The molecule has 32 heavy (non-hydrogen) atoms. The van der Waals surface area contributed by atoms with E-state index in [1.54, 1.807) is 0 Å². The monoisotopic (exact) mass is 450 g/mol. The van der Waals surface area contributed by atoms with Gasteiger partial charge in [0.25, 0.3) is 5.91 Å². The Morgan fingerprint density at radius 3 is 2.22 bits per heavy atom. The highest BCUT2D eigenvalue weighted by Gasteiger charge is 2.46. The van der Waals surface area contributed by atoms with Gasteiger partial charge in [-0.25, -0.2) is 0 Å².